The summed E-state index contributed by atoms with van der Waals surface area (Å²) in [5, 5.41) is 8.71. The second-order valence-corrected chi connectivity index (χ2v) is 8.07. The van der Waals surface area contributed by atoms with E-state index in [2.05, 4.69) is 47.3 Å². The molecule has 4 rings (SSSR count). The molecule has 1 aromatic carbocycles. The highest BCUT2D eigenvalue weighted by Gasteiger charge is 2.27. The number of methoxy groups -OCH3 is 1. The number of piperidine rings is 1. The fourth-order valence-electron chi connectivity index (χ4n) is 3.89. The second kappa shape index (κ2) is 8.79. The van der Waals surface area contributed by atoms with Crippen LogP contribution < -0.4 is 0 Å². The molecule has 1 aliphatic carbocycles. The Labute approximate surface area is 172 Å². The maximum Gasteiger partial charge on any atom is 0.248 e. The van der Waals surface area contributed by atoms with Crippen LogP contribution in [0, 0.1) is 24.7 Å². The molecule has 0 radical (unpaired) electrons. The van der Waals surface area contributed by atoms with E-state index in [0.717, 1.165) is 48.2 Å². The maximum atomic E-state index is 12.3. The number of amides is 1. The Hall–Kier alpha value is -2.65. The van der Waals surface area contributed by atoms with Crippen LogP contribution in [-0.2, 0) is 16.1 Å². The average molecular weight is 393 g/mol. The summed E-state index contributed by atoms with van der Waals surface area (Å²) in [5.41, 5.74) is 4.13. The number of likely N-dealkylation sites (tertiary alicyclic amines) is 1. The number of nitrogens with zero attached hydrogens (tertiary/aromatic N) is 4. The van der Waals surface area contributed by atoms with Crippen LogP contribution in [0.3, 0.4) is 0 Å². The first kappa shape index (κ1) is 19.7. The number of hydrogen-bond acceptors (Lipinski definition) is 4. The Kier molecular flexibility index (Phi) is 5.96. The lowest BCUT2D eigenvalue weighted by molar-refractivity contribution is -0.139. The summed E-state index contributed by atoms with van der Waals surface area (Å²) in [6, 6.07) is 6.40. The lowest BCUT2D eigenvalue weighted by Gasteiger charge is -2.35. The van der Waals surface area contributed by atoms with Gasteiger partial charge in [0.2, 0.25) is 5.91 Å². The van der Waals surface area contributed by atoms with Gasteiger partial charge < -0.3 is 9.64 Å². The van der Waals surface area contributed by atoms with Gasteiger partial charge in [-0.2, -0.15) is 0 Å². The Morgan fingerprint density at radius 3 is 2.90 bits per heavy atom. The van der Waals surface area contributed by atoms with Crippen molar-refractivity contribution in [3.05, 3.63) is 35.5 Å². The first-order valence-electron chi connectivity index (χ1n) is 10.4. The fourth-order valence-corrected chi connectivity index (χ4v) is 3.89. The predicted molar refractivity (Wildman–Crippen MR) is 111 cm³/mol. The zero-order chi connectivity index (χ0) is 20.2. The summed E-state index contributed by atoms with van der Waals surface area (Å²) in [6.45, 7) is 3.67. The van der Waals surface area contributed by atoms with Gasteiger partial charge in [0, 0.05) is 30.7 Å². The summed E-state index contributed by atoms with van der Waals surface area (Å²) in [6.07, 6.45) is 7.62. The highest BCUT2D eigenvalue weighted by molar-refractivity contribution is 5.77. The number of hydrogen-bond donors (Lipinski definition) is 0. The molecule has 6 nitrogen and oxygen atoms in total. The zero-order valence-corrected chi connectivity index (χ0v) is 17.2. The first-order valence-corrected chi connectivity index (χ1v) is 10.4. The monoisotopic (exact) mass is 392 g/mol. The van der Waals surface area contributed by atoms with Gasteiger partial charge in [-0.3, -0.25) is 4.79 Å². The Bertz CT molecular complexity index is 936. The van der Waals surface area contributed by atoms with Crippen molar-refractivity contribution in [1.82, 2.24) is 19.9 Å². The van der Waals surface area contributed by atoms with Crippen LogP contribution in [-0.4, -0.2) is 52.1 Å². The van der Waals surface area contributed by atoms with Crippen molar-refractivity contribution in [2.45, 2.75) is 51.6 Å². The van der Waals surface area contributed by atoms with Gasteiger partial charge in [0.1, 0.15) is 12.3 Å². The number of benzene rings is 1. The predicted octanol–water partition coefficient (Wildman–Crippen LogP) is 3.04. The van der Waals surface area contributed by atoms with E-state index in [1.54, 1.807) is 7.11 Å². The van der Waals surface area contributed by atoms with Gasteiger partial charge >= 0.3 is 0 Å². The van der Waals surface area contributed by atoms with Gasteiger partial charge in [-0.1, -0.05) is 23.1 Å². The van der Waals surface area contributed by atoms with Crippen LogP contribution in [0.15, 0.2) is 24.4 Å². The van der Waals surface area contributed by atoms with Crippen molar-refractivity contribution in [1.29, 1.82) is 0 Å². The van der Waals surface area contributed by atoms with E-state index in [4.69, 9.17) is 4.74 Å². The molecular weight excluding hydrogens is 364 g/mol. The number of carbonyl (C=O) groups excluding carboxylic acids is 1. The molecule has 2 aliphatic rings. The van der Waals surface area contributed by atoms with Gasteiger partial charge in [0.15, 0.2) is 0 Å². The first-order chi connectivity index (χ1) is 14.1. The lowest BCUT2D eigenvalue weighted by atomic mass is 10.0. The third-order valence-corrected chi connectivity index (χ3v) is 5.65. The number of carbonyl (C=O) groups is 1. The molecule has 0 N–H and O–H groups in total. The largest absolute Gasteiger partial charge is 0.375 e. The fraction of sp³-hybridized carbons (Fsp3) is 0.522. The molecule has 0 spiro atoms. The van der Waals surface area contributed by atoms with Crippen molar-refractivity contribution in [3.8, 4) is 23.1 Å². The molecule has 1 saturated heterocycles. The van der Waals surface area contributed by atoms with E-state index in [-0.39, 0.29) is 18.6 Å². The highest BCUT2D eigenvalue weighted by atomic mass is 16.5. The van der Waals surface area contributed by atoms with Crippen LogP contribution in [0.2, 0.25) is 0 Å². The Morgan fingerprint density at radius 2 is 2.14 bits per heavy atom. The molecular formula is C23H28N4O2. The molecule has 0 bridgehead atoms. The molecule has 2 aromatic rings. The van der Waals surface area contributed by atoms with Gasteiger partial charge in [-0.15, -0.1) is 5.10 Å². The number of aromatic nitrogens is 3. The van der Waals surface area contributed by atoms with Crippen molar-refractivity contribution in [3.63, 3.8) is 0 Å². The molecule has 6 heteroatoms. The number of aryl methyl sites for hydroxylation is 1. The summed E-state index contributed by atoms with van der Waals surface area (Å²) in [4.78, 5) is 14.3. The van der Waals surface area contributed by atoms with E-state index >= 15 is 0 Å². The smallest absolute Gasteiger partial charge is 0.248 e. The van der Waals surface area contributed by atoms with E-state index in [0.29, 0.717) is 12.5 Å². The molecule has 2 fully saturated rings. The molecule has 29 heavy (non-hydrogen) atoms. The standard InChI is InChI=1S/C23H28N4O2/c1-17-13-19(9-8-18-6-7-18)10-11-21(17)22-15-26(25-24-22)14-20-5-3-4-12-27(20)23(28)16-29-2/h10-11,13,15,18,20H,3-7,12,14,16H2,1-2H3/t20-/m1/s1. The molecule has 152 valence electrons. The summed E-state index contributed by atoms with van der Waals surface area (Å²) in [5.74, 6) is 7.23. The Balaban J connectivity index is 1.46. The van der Waals surface area contributed by atoms with Crippen LogP contribution >= 0.6 is 0 Å². The van der Waals surface area contributed by atoms with Gasteiger partial charge in [0.05, 0.1) is 18.8 Å². The second-order valence-electron chi connectivity index (χ2n) is 8.07. The van der Waals surface area contributed by atoms with E-state index in [9.17, 15) is 4.79 Å². The third-order valence-electron chi connectivity index (χ3n) is 5.65. The molecule has 1 saturated carbocycles. The lowest BCUT2D eigenvalue weighted by Crippen LogP contribution is -2.47. The highest BCUT2D eigenvalue weighted by Crippen LogP contribution is 2.28. The molecule has 1 amide bonds. The minimum absolute atomic E-state index is 0.0521. The maximum absolute atomic E-state index is 12.3. The van der Waals surface area contributed by atoms with E-state index < -0.39 is 0 Å². The molecule has 2 heterocycles. The van der Waals surface area contributed by atoms with Crippen molar-refractivity contribution in [2.75, 3.05) is 20.3 Å². The van der Waals surface area contributed by atoms with Gasteiger partial charge in [-0.25, -0.2) is 4.68 Å². The van der Waals surface area contributed by atoms with Crippen LogP contribution in [0.5, 0.6) is 0 Å². The quantitative estimate of drug-likeness (QED) is 0.734. The Morgan fingerprint density at radius 1 is 1.28 bits per heavy atom. The van der Waals surface area contributed by atoms with Crippen molar-refractivity contribution in [2.24, 2.45) is 5.92 Å². The minimum Gasteiger partial charge on any atom is -0.375 e. The normalized spacial score (nSPS) is 19.0. The van der Waals surface area contributed by atoms with Crippen LogP contribution in [0.1, 0.15) is 43.2 Å². The molecule has 0 unspecified atom stereocenters. The van der Waals surface area contributed by atoms with Crippen LogP contribution in [0.25, 0.3) is 11.3 Å². The van der Waals surface area contributed by atoms with E-state index in [1.807, 2.05) is 15.8 Å². The molecule has 1 atom stereocenters. The van der Waals surface area contributed by atoms with Crippen molar-refractivity contribution < 1.29 is 9.53 Å². The minimum atomic E-state index is 0.0521. The molecule has 1 aliphatic heterocycles. The number of rotatable bonds is 5. The topological polar surface area (TPSA) is 60.2 Å². The average Bonchev–Trinajstić information content (AvgIpc) is 3.44. The van der Waals surface area contributed by atoms with Gasteiger partial charge in [0.25, 0.3) is 0 Å². The van der Waals surface area contributed by atoms with Crippen LogP contribution in [0.4, 0.5) is 0 Å². The zero-order valence-electron chi connectivity index (χ0n) is 17.2. The summed E-state index contributed by atoms with van der Waals surface area (Å²) in [7, 11) is 1.56. The number of ether oxygens (including phenoxy) is 1. The van der Waals surface area contributed by atoms with Gasteiger partial charge in [-0.05, 0) is 56.7 Å². The third kappa shape index (κ3) is 4.86. The summed E-state index contributed by atoms with van der Waals surface area (Å²) < 4.78 is 6.90. The summed E-state index contributed by atoms with van der Waals surface area (Å²) >= 11 is 0. The van der Waals surface area contributed by atoms with E-state index in [1.165, 1.54) is 12.8 Å². The van der Waals surface area contributed by atoms with Crippen molar-refractivity contribution >= 4 is 5.91 Å². The SMILES string of the molecule is COCC(=O)N1CCCC[C@@H]1Cn1cc(-c2ccc(C#CC3CC3)cc2C)nn1. The molecule has 1 aromatic heterocycles.